The fourth-order valence-electron chi connectivity index (χ4n) is 1.88. The maximum absolute atomic E-state index is 10.7. The van der Waals surface area contributed by atoms with Crippen molar-refractivity contribution in [1.82, 2.24) is 0 Å². The van der Waals surface area contributed by atoms with E-state index in [2.05, 4.69) is 0 Å². The molecular formula is C15H15NO3. The van der Waals surface area contributed by atoms with Gasteiger partial charge in [-0.15, -0.1) is 0 Å². The summed E-state index contributed by atoms with van der Waals surface area (Å²) in [6, 6.07) is 13.5. The maximum Gasteiger partial charge on any atom is 0.320 e. The van der Waals surface area contributed by atoms with Crippen LogP contribution in [0.25, 0.3) is 11.1 Å². The largest absolute Gasteiger partial charge is 0.507 e. The molecule has 0 spiro atoms. The van der Waals surface area contributed by atoms with Gasteiger partial charge in [0.15, 0.2) is 0 Å². The van der Waals surface area contributed by atoms with Crippen molar-refractivity contribution in [3.8, 4) is 16.9 Å². The highest BCUT2D eigenvalue weighted by Gasteiger charge is 2.12. The van der Waals surface area contributed by atoms with Crippen LogP contribution in [0.3, 0.4) is 0 Å². The Labute approximate surface area is 111 Å². The SMILES string of the molecule is NC(Cc1ccc(-c2ccccc2O)cc1)C(=O)O. The number of hydrogen-bond donors (Lipinski definition) is 3. The van der Waals surface area contributed by atoms with Crippen LogP contribution in [-0.4, -0.2) is 22.2 Å². The molecule has 4 heteroatoms. The number of aliphatic carboxylic acids is 1. The minimum atomic E-state index is -1.01. The summed E-state index contributed by atoms with van der Waals surface area (Å²) >= 11 is 0. The average Bonchev–Trinajstić information content (AvgIpc) is 2.40. The van der Waals surface area contributed by atoms with Crippen LogP contribution >= 0.6 is 0 Å². The molecule has 0 saturated heterocycles. The summed E-state index contributed by atoms with van der Waals surface area (Å²) < 4.78 is 0. The number of para-hydroxylation sites is 1. The second-order valence-corrected chi connectivity index (χ2v) is 4.36. The molecular weight excluding hydrogens is 242 g/mol. The van der Waals surface area contributed by atoms with Crippen molar-refractivity contribution in [3.05, 3.63) is 54.1 Å². The number of nitrogens with two attached hydrogens (primary N) is 1. The van der Waals surface area contributed by atoms with Gasteiger partial charge in [0, 0.05) is 5.56 Å². The van der Waals surface area contributed by atoms with Crippen molar-refractivity contribution in [3.63, 3.8) is 0 Å². The molecule has 0 fully saturated rings. The first-order valence-corrected chi connectivity index (χ1v) is 5.93. The molecule has 4 nitrogen and oxygen atoms in total. The predicted octanol–water partition coefficient (Wildman–Crippen LogP) is 2.01. The summed E-state index contributed by atoms with van der Waals surface area (Å²) in [5, 5.41) is 18.5. The lowest BCUT2D eigenvalue weighted by Gasteiger charge is -2.08. The van der Waals surface area contributed by atoms with Gasteiger partial charge in [-0.05, 0) is 23.6 Å². The van der Waals surface area contributed by atoms with Gasteiger partial charge in [-0.25, -0.2) is 0 Å². The van der Waals surface area contributed by atoms with Crippen molar-refractivity contribution in [2.75, 3.05) is 0 Å². The van der Waals surface area contributed by atoms with E-state index in [1.807, 2.05) is 36.4 Å². The fourth-order valence-corrected chi connectivity index (χ4v) is 1.88. The Morgan fingerprint density at radius 2 is 1.74 bits per heavy atom. The molecule has 19 heavy (non-hydrogen) atoms. The number of benzene rings is 2. The van der Waals surface area contributed by atoms with Crippen LogP contribution in [0.1, 0.15) is 5.56 Å². The summed E-state index contributed by atoms with van der Waals surface area (Å²) in [6.45, 7) is 0. The van der Waals surface area contributed by atoms with Crippen LogP contribution in [-0.2, 0) is 11.2 Å². The second kappa shape index (κ2) is 5.54. The lowest BCUT2D eigenvalue weighted by molar-refractivity contribution is -0.138. The standard InChI is InChI=1S/C15H15NO3/c16-13(15(18)19)9-10-5-7-11(8-6-10)12-3-1-2-4-14(12)17/h1-8,13,17H,9,16H2,(H,18,19). The maximum atomic E-state index is 10.7. The summed E-state index contributed by atoms with van der Waals surface area (Å²) in [5.41, 5.74) is 7.97. The number of hydrogen-bond acceptors (Lipinski definition) is 3. The monoisotopic (exact) mass is 257 g/mol. The first-order valence-electron chi connectivity index (χ1n) is 5.93. The van der Waals surface area contributed by atoms with Gasteiger partial charge in [-0.3, -0.25) is 4.79 Å². The molecule has 4 N–H and O–H groups in total. The first kappa shape index (κ1) is 13.1. The number of phenolic OH excluding ortho intramolecular Hbond substituents is 1. The predicted molar refractivity (Wildman–Crippen MR) is 72.9 cm³/mol. The second-order valence-electron chi connectivity index (χ2n) is 4.36. The zero-order chi connectivity index (χ0) is 13.8. The Balaban J connectivity index is 2.19. The smallest absolute Gasteiger partial charge is 0.320 e. The van der Waals surface area contributed by atoms with Gasteiger partial charge in [-0.1, -0.05) is 42.5 Å². The minimum absolute atomic E-state index is 0.220. The van der Waals surface area contributed by atoms with Gasteiger partial charge >= 0.3 is 5.97 Å². The number of aromatic hydroxyl groups is 1. The molecule has 0 radical (unpaired) electrons. The number of rotatable bonds is 4. The molecule has 0 saturated carbocycles. The highest BCUT2D eigenvalue weighted by molar-refractivity contribution is 5.74. The molecule has 2 aromatic rings. The molecule has 98 valence electrons. The van der Waals surface area contributed by atoms with Gasteiger partial charge in [0.1, 0.15) is 11.8 Å². The molecule has 0 aromatic heterocycles. The molecule has 1 atom stereocenters. The summed E-state index contributed by atoms with van der Waals surface area (Å²) in [4.78, 5) is 10.7. The van der Waals surface area contributed by atoms with E-state index in [4.69, 9.17) is 10.8 Å². The molecule has 0 aliphatic carbocycles. The van der Waals surface area contributed by atoms with E-state index in [1.54, 1.807) is 12.1 Å². The summed E-state index contributed by atoms with van der Waals surface area (Å²) in [6.07, 6.45) is 0.288. The third kappa shape index (κ3) is 3.11. The van der Waals surface area contributed by atoms with Crippen LogP contribution in [0.5, 0.6) is 5.75 Å². The third-order valence-corrected chi connectivity index (χ3v) is 2.94. The average molecular weight is 257 g/mol. The lowest BCUT2D eigenvalue weighted by Crippen LogP contribution is -2.32. The quantitative estimate of drug-likeness (QED) is 0.782. The molecule has 0 aliphatic heterocycles. The molecule has 0 heterocycles. The van der Waals surface area contributed by atoms with Crippen LogP contribution in [0, 0.1) is 0 Å². The van der Waals surface area contributed by atoms with Crippen LogP contribution in [0.15, 0.2) is 48.5 Å². The third-order valence-electron chi connectivity index (χ3n) is 2.94. The van der Waals surface area contributed by atoms with Crippen molar-refractivity contribution < 1.29 is 15.0 Å². The van der Waals surface area contributed by atoms with Gasteiger partial charge in [0.2, 0.25) is 0 Å². The van der Waals surface area contributed by atoms with Crippen molar-refractivity contribution in [1.29, 1.82) is 0 Å². The van der Waals surface area contributed by atoms with Crippen LogP contribution in [0.2, 0.25) is 0 Å². The number of carbonyl (C=O) groups is 1. The fraction of sp³-hybridized carbons (Fsp3) is 0.133. The van der Waals surface area contributed by atoms with E-state index in [9.17, 15) is 9.90 Å². The Morgan fingerprint density at radius 3 is 2.32 bits per heavy atom. The van der Waals surface area contributed by atoms with E-state index >= 15 is 0 Å². The highest BCUT2D eigenvalue weighted by Crippen LogP contribution is 2.28. The van der Waals surface area contributed by atoms with Gasteiger partial charge in [0.05, 0.1) is 0 Å². The molecule has 2 aromatic carbocycles. The molecule has 1 unspecified atom stereocenters. The lowest BCUT2D eigenvalue weighted by atomic mass is 10.0. The Bertz CT molecular complexity index is 578. The zero-order valence-corrected chi connectivity index (χ0v) is 10.3. The van der Waals surface area contributed by atoms with Crippen molar-refractivity contribution >= 4 is 5.97 Å². The van der Waals surface area contributed by atoms with E-state index in [-0.39, 0.29) is 12.2 Å². The van der Waals surface area contributed by atoms with E-state index in [1.165, 1.54) is 0 Å². The topological polar surface area (TPSA) is 83.5 Å². The molecule has 0 bridgehead atoms. The minimum Gasteiger partial charge on any atom is -0.507 e. The van der Waals surface area contributed by atoms with Gasteiger partial charge in [-0.2, -0.15) is 0 Å². The summed E-state index contributed by atoms with van der Waals surface area (Å²) in [5.74, 6) is -0.790. The highest BCUT2D eigenvalue weighted by atomic mass is 16.4. The van der Waals surface area contributed by atoms with E-state index in [0.717, 1.165) is 16.7 Å². The zero-order valence-electron chi connectivity index (χ0n) is 10.3. The number of carboxylic acid groups (broad SMARTS) is 1. The van der Waals surface area contributed by atoms with Crippen molar-refractivity contribution in [2.24, 2.45) is 5.73 Å². The Morgan fingerprint density at radius 1 is 1.11 bits per heavy atom. The van der Waals surface area contributed by atoms with Crippen LogP contribution < -0.4 is 5.73 Å². The Hall–Kier alpha value is -2.33. The Kier molecular flexibility index (Phi) is 3.82. The molecule has 0 aliphatic rings. The van der Waals surface area contributed by atoms with E-state index < -0.39 is 12.0 Å². The van der Waals surface area contributed by atoms with E-state index in [0.29, 0.717) is 0 Å². The normalized spacial score (nSPS) is 12.1. The summed E-state index contributed by atoms with van der Waals surface area (Å²) in [7, 11) is 0. The molecule has 2 rings (SSSR count). The molecule has 0 amide bonds. The number of carboxylic acids is 1. The van der Waals surface area contributed by atoms with Crippen molar-refractivity contribution in [2.45, 2.75) is 12.5 Å². The number of phenols is 1. The first-order chi connectivity index (χ1) is 9.08. The van der Waals surface area contributed by atoms with Gasteiger partial charge < -0.3 is 15.9 Å². The van der Waals surface area contributed by atoms with Crippen LogP contribution in [0.4, 0.5) is 0 Å². The van der Waals surface area contributed by atoms with Gasteiger partial charge in [0.25, 0.3) is 0 Å².